The van der Waals surface area contributed by atoms with E-state index in [2.05, 4.69) is 0 Å². The Hall–Kier alpha value is -0.130. The molecule has 1 heterocycles. The summed E-state index contributed by atoms with van der Waals surface area (Å²) in [7, 11) is -2.84. The highest BCUT2D eigenvalue weighted by Gasteiger charge is 2.30. The molecule has 1 rings (SSSR count). The van der Waals surface area contributed by atoms with Gasteiger partial charge < -0.3 is 10.5 Å². The zero-order valence-corrected chi connectivity index (χ0v) is 9.42. The Morgan fingerprint density at radius 2 is 2.29 bits per heavy atom. The van der Waals surface area contributed by atoms with Crippen molar-refractivity contribution in [3.8, 4) is 0 Å². The summed E-state index contributed by atoms with van der Waals surface area (Å²) >= 11 is 0. The second-order valence-corrected chi connectivity index (χ2v) is 5.97. The lowest BCUT2D eigenvalue weighted by Crippen LogP contribution is -2.39. The molecule has 4 nitrogen and oxygen atoms in total. The van der Waals surface area contributed by atoms with Gasteiger partial charge in [-0.15, -0.1) is 0 Å². The van der Waals surface area contributed by atoms with E-state index in [4.69, 9.17) is 10.5 Å². The lowest BCUT2D eigenvalue weighted by molar-refractivity contribution is 0.0288. The fourth-order valence-electron chi connectivity index (χ4n) is 1.96. The third-order valence-electron chi connectivity index (χ3n) is 2.64. The van der Waals surface area contributed by atoms with Crippen LogP contribution in [0.5, 0.6) is 0 Å². The van der Waals surface area contributed by atoms with Crippen molar-refractivity contribution in [2.75, 3.05) is 24.7 Å². The molecule has 0 aliphatic carbocycles. The Kier molecular flexibility index (Phi) is 4.34. The van der Waals surface area contributed by atoms with Gasteiger partial charge in [-0.05, 0) is 19.8 Å². The molecule has 5 heteroatoms. The summed E-state index contributed by atoms with van der Waals surface area (Å²) in [6.07, 6.45) is 1.58. The molecule has 0 bridgehead atoms. The molecule has 1 fully saturated rings. The van der Waals surface area contributed by atoms with Crippen molar-refractivity contribution < 1.29 is 13.2 Å². The quantitative estimate of drug-likeness (QED) is 0.735. The molecule has 2 N–H and O–H groups in total. The van der Waals surface area contributed by atoms with Gasteiger partial charge in [0.15, 0.2) is 9.84 Å². The van der Waals surface area contributed by atoms with Crippen molar-refractivity contribution in [1.82, 2.24) is 0 Å². The maximum Gasteiger partial charge on any atom is 0.150 e. The minimum atomic E-state index is -2.84. The maximum absolute atomic E-state index is 11.4. The Morgan fingerprint density at radius 1 is 1.57 bits per heavy atom. The zero-order valence-electron chi connectivity index (χ0n) is 8.61. The van der Waals surface area contributed by atoms with E-state index in [1.807, 2.05) is 6.92 Å². The van der Waals surface area contributed by atoms with E-state index < -0.39 is 9.84 Å². The van der Waals surface area contributed by atoms with Crippen LogP contribution in [0, 0.1) is 5.92 Å². The van der Waals surface area contributed by atoms with Crippen LogP contribution in [0.3, 0.4) is 0 Å². The van der Waals surface area contributed by atoms with Crippen molar-refractivity contribution in [1.29, 1.82) is 0 Å². The highest BCUT2D eigenvalue weighted by Crippen LogP contribution is 2.22. The Bertz CT molecular complexity index is 263. The van der Waals surface area contributed by atoms with Crippen molar-refractivity contribution in [3.05, 3.63) is 0 Å². The molecule has 0 aromatic carbocycles. The lowest BCUT2D eigenvalue weighted by Gasteiger charge is -2.28. The molecular formula is C9H19NO3S. The largest absolute Gasteiger partial charge is 0.377 e. The predicted octanol–water partition coefficient (Wildman–Crippen LogP) is 0.175. The van der Waals surface area contributed by atoms with Gasteiger partial charge in [0, 0.05) is 19.1 Å². The maximum atomic E-state index is 11.4. The van der Waals surface area contributed by atoms with Gasteiger partial charge >= 0.3 is 0 Å². The normalized spacial score (nSPS) is 28.6. The van der Waals surface area contributed by atoms with Crippen LogP contribution in [0.2, 0.25) is 0 Å². The van der Waals surface area contributed by atoms with Crippen LogP contribution in [0.1, 0.15) is 19.8 Å². The molecule has 1 saturated heterocycles. The molecule has 2 atom stereocenters. The summed E-state index contributed by atoms with van der Waals surface area (Å²) in [6, 6.07) is 0. The first-order valence-electron chi connectivity index (χ1n) is 5.11. The van der Waals surface area contributed by atoms with Crippen LogP contribution < -0.4 is 5.73 Å². The zero-order chi connectivity index (χ0) is 10.6. The third-order valence-corrected chi connectivity index (χ3v) is 4.48. The van der Waals surface area contributed by atoms with Crippen LogP contribution in [0.4, 0.5) is 0 Å². The van der Waals surface area contributed by atoms with Crippen molar-refractivity contribution in [2.45, 2.75) is 25.9 Å². The van der Waals surface area contributed by atoms with E-state index in [9.17, 15) is 8.42 Å². The van der Waals surface area contributed by atoms with Crippen molar-refractivity contribution >= 4 is 9.84 Å². The Balaban J connectivity index is 2.57. The molecule has 0 aromatic heterocycles. The molecule has 1 aliphatic heterocycles. The topological polar surface area (TPSA) is 69.4 Å². The van der Waals surface area contributed by atoms with E-state index in [0.717, 1.165) is 12.8 Å². The van der Waals surface area contributed by atoms with Crippen LogP contribution in [-0.2, 0) is 14.6 Å². The Morgan fingerprint density at radius 3 is 2.79 bits per heavy atom. The van der Waals surface area contributed by atoms with E-state index in [1.165, 1.54) is 0 Å². The van der Waals surface area contributed by atoms with Gasteiger partial charge in [0.2, 0.25) is 0 Å². The predicted molar refractivity (Wildman–Crippen MR) is 55.8 cm³/mol. The summed E-state index contributed by atoms with van der Waals surface area (Å²) in [5, 5.41) is 0. The average molecular weight is 221 g/mol. The van der Waals surface area contributed by atoms with Gasteiger partial charge in [-0.25, -0.2) is 8.42 Å². The summed E-state index contributed by atoms with van der Waals surface area (Å²) < 4.78 is 28.2. The van der Waals surface area contributed by atoms with Gasteiger partial charge in [-0.2, -0.15) is 0 Å². The van der Waals surface area contributed by atoms with Crippen LogP contribution in [-0.4, -0.2) is 39.2 Å². The van der Waals surface area contributed by atoms with Gasteiger partial charge in [-0.3, -0.25) is 0 Å². The molecule has 2 unspecified atom stereocenters. The number of ether oxygens (including phenoxy) is 1. The number of hydrogen-bond donors (Lipinski definition) is 1. The molecule has 0 amide bonds. The highest BCUT2D eigenvalue weighted by atomic mass is 32.2. The van der Waals surface area contributed by atoms with Crippen LogP contribution in [0.25, 0.3) is 0 Å². The first kappa shape index (κ1) is 11.9. The smallest absolute Gasteiger partial charge is 0.150 e. The molecule has 0 aromatic rings. The number of hydrogen-bond acceptors (Lipinski definition) is 4. The summed E-state index contributed by atoms with van der Waals surface area (Å²) in [6.45, 7) is 2.91. The van der Waals surface area contributed by atoms with Gasteiger partial charge in [0.1, 0.15) is 0 Å². The fourth-order valence-corrected chi connectivity index (χ4v) is 3.77. The molecule has 0 spiro atoms. The summed E-state index contributed by atoms with van der Waals surface area (Å²) in [5.41, 5.74) is 5.56. The first-order chi connectivity index (χ1) is 6.59. The molecular weight excluding hydrogens is 202 g/mol. The molecule has 1 aliphatic rings. The second-order valence-electron chi connectivity index (χ2n) is 3.75. The van der Waals surface area contributed by atoms with Gasteiger partial charge in [0.05, 0.1) is 17.6 Å². The number of sulfone groups is 1. The molecule has 14 heavy (non-hydrogen) atoms. The number of nitrogens with two attached hydrogens (primary N) is 1. The monoisotopic (exact) mass is 221 g/mol. The van der Waals surface area contributed by atoms with Gasteiger partial charge in [0.25, 0.3) is 0 Å². The molecule has 0 radical (unpaired) electrons. The van der Waals surface area contributed by atoms with E-state index >= 15 is 0 Å². The fraction of sp³-hybridized carbons (Fsp3) is 1.00. The number of rotatable bonds is 4. The summed E-state index contributed by atoms with van der Waals surface area (Å²) in [5.74, 6) is 0.667. The van der Waals surface area contributed by atoms with Gasteiger partial charge in [-0.1, -0.05) is 0 Å². The minimum Gasteiger partial charge on any atom is -0.377 e. The first-order valence-corrected chi connectivity index (χ1v) is 6.93. The van der Waals surface area contributed by atoms with E-state index in [1.54, 1.807) is 0 Å². The average Bonchev–Trinajstić information content (AvgIpc) is 2.12. The third kappa shape index (κ3) is 3.22. The van der Waals surface area contributed by atoms with E-state index in [0.29, 0.717) is 18.9 Å². The van der Waals surface area contributed by atoms with Crippen LogP contribution in [0.15, 0.2) is 0 Å². The minimum absolute atomic E-state index is 0.0879. The Labute approximate surface area is 85.7 Å². The van der Waals surface area contributed by atoms with E-state index in [-0.39, 0.29) is 17.8 Å². The summed E-state index contributed by atoms with van der Waals surface area (Å²) in [4.78, 5) is 0. The van der Waals surface area contributed by atoms with Crippen molar-refractivity contribution in [2.24, 2.45) is 11.7 Å². The van der Waals surface area contributed by atoms with Crippen molar-refractivity contribution in [3.63, 3.8) is 0 Å². The molecule has 0 saturated carbocycles. The van der Waals surface area contributed by atoms with Crippen LogP contribution >= 0.6 is 0 Å². The second kappa shape index (κ2) is 5.09. The molecule has 84 valence electrons. The lowest BCUT2D eigenvalue weighted by atomic mass is 9.98. The SMILES string of the molecule is CCOC(CN)C1CCCS(=O)(=O)C1. The standard InChI is InChI=1S/C9H19NO3S/c1-2-13-9(6-10)8-4-3-5-14(11,12)7-8/h8-9H,2-7,10H2,1H3. The highest BCUT2D eigenvalue weighted by molar-refractivity contribution is 7.91.